The highest BCUT2D eigenvalue weighted by Gasteiger charge is 2.15. The first-order valence-corrected chi connectivity index (χ1v) is 8.86. The van der Waals surface area contributed by atoms with Gasteiger partial charge < -0.3 is 19.3 Å². The molecule has 1 heterocycles. The van der Waals surface area contributed by atoms with Gasteiger partial charge in [-0.1, -0.05) is 11.2 Å². The standard InChI is InChI=1S/C21H23N3O4/c1-21(2,3)23-18(25)13-27-17-7-5-6-15(12-17)20-22-19(24-28-20)14-8-10-16(26-4)11-9-14/h5-12H,13H2,1-4H3,(H,23,25). The molecule has 0 aliphatic carbocycles. The lowest BCUT2D eigenvalue weighted by Gasteiger charge is -2.20. The van der Waals surface area contributed by atoms with Crippen LogP contribution < -0.4 is 14.8 Å². The molecule has 2 aromatic carbocycles. The van der Waals surface area contributed by atoms with Crippen LogP contribution in [0.2, 0.25) is 0 Å². The Hall–Kier alpha value is -3.35. The van der Waals surface area contributed by atoms with Crippen LogP contribution in [0.25, 0.3) is 22.8 Å². The molecule has 0 bridgehead atoms. The van der Waals surface area contributed by atoms with Crippen molar-refractivity contribution in [3.63, 3.8) is 0 Å². The van der Waals surface area contributed by atoms with Crippen LogP contribution in [0.1, 0.15) is 20.8 Å². The second-order valence-corrected chi connectivity index (χ2v) is 7.27. The average Bonchev–Trinajstić information content (AvgIpc) is 3.16. The second kappa shape index (κ2) is 8.12. The van der Waals surface area contributed by atoms with Crippen molar-refractivity contribution in [3.8, 4) is 34.3 Å². The molecule has 0 saturated carbocycles. The van der Waals surface area contributed by atoms with Crippen molar-refractivity contribution in [1.29, 1.82) is 0 Å². The van der Waals surface area contributed by atoms with Crippen LogP contribution in [-0.2, 0) is 4.79 Å². The minimum atomic E-state index is -0.302. The smallest absolute Gasteiger partial charge is 0.258 e. The molecule has 0 fully saturated rings. The largest absolute Gasteiger partial charge is 0.497 e. The van der Waals surface area contributed by atoms with Crippen LogP contribution in [0.5, 0.6) is 11.5 Å². The predicted octanol–water partition coefficient (Wildman–Crippen LogP) is 3.71. The minimum Gasteiger partial charge on any atom is -0.497 e. The van der Waals surface area contributed by atoms with E-state index in [0.29, 0.717) is 23.0 Å². The summed E-state index contributed by atoms with van der Waals surface area (Å²) in [5, 5.41) is 6.88. The molecular formula is C21H23N3O4. The highest BCUT2D eigenvalue weighted by atomic mass is 16.5. The van der Waals surface area contributed by atoms with E-state index in [-0.39, 0.29) is 18.1 Å². The number of methoxy groups -OCH3 is 1. The normalized spacial score (nSPS) is 11.1. The Morgan fingerprint density at radius 1 is 1.07 bits per heavy atom. The number of hydrogen-bond donors (Lipinski definition) is 1. The van der Waals surface area contributed by atoms with E-state index in [2.05, 4.69) is 15.5 Å². The van der Waals surface area contributed by atoms with Crippen LogP contribution in [0.3, 0.4) is 0 Å². The van der Waals surface area contributed by atoms with Gasteiger partial charge in [-0.05, 0) is 63.2 Å². The monoisotopic (exact) mass is 381 g/mol. The predicted molar refractivity (Wildman–Crippen MR) is 105 cm³/mol. The fourth-order valence-corrected chi connectivity index (χ4v) is 2.52. The molecular weight excluding hydrogens is 358 g/mol. The van der Waals surface area contributed by atoms with Crippen LogP contribution in [0.15, 0.2) is 53.1 Å². The zero-order chi connectivity index (χ0) is 20.1. The van der Waals surface area contributed by atoms with Crippen LogP contribution >= 0.6 is 0 Å². The van der Waals surface area contributed by atoms with Crippen molar-refractivity contribution in [2.45, 2.75) is 26.3 Å². The van der Waals surface area contributed by atoms with Gasteiger partial charge >= 0.3 is 0 Å². The maximum absolute atomic E-state index is 11.9. The number of nitrogens with one attached hydrogen (secondary N) is 1. The SMILES string of the molecule is COc1ccc(-c2noc(-c3cccc(OCC(=O)NC(C)(C)C)c3)n2)cc1. The van der Waals surface area contributed by atoms with Gasteiger partial charge in [0.05, 0.1) is 7.11 Å². The molecule has 28 heavy (non-hydrogen) atoms. The fourth-order valence-electron chi connectivity index (χ4n) is 2.52. The number of amides is 1. The molecule has 0 aliphatic heterocycles. The molecule has 3 rings (SSSR count). The molecule has 0 saturated heterocycles. The zero-order valence-electron chi connectivity index (χ0n) is 16.4. The van der Waals surface area contributed by atoms with Crippen molar-refractivity contribution >= 4 is 5.91 Å². The minimum absolute atomic E-state index is 0.0678. The van der Waals surface area contributed by atoms with E-state index in [0.717, 1.165) is 11.3 Å². The lowest BCUT2D eigenvalue weighted by atomic mass is 10.1. The lowest BCUT2D eigenvalue weighted by Crippen LogP contribution is -2.43. The molecule has 7 nitrogen and oxygen atoms in total. The Kier molecular flexibility index (Phi) is 5.63. The Bertz CT molecular complexity index is 943. The molecule has 0 radical (unpaired) electrons. The average molecular weight is 381 g/mol. The van der Waals surface area contributed by atoms with Crippen molar-refractivity contribution in [2.75, 3.05) is 13.7 Å². The Labute approximate surface area is 163 Å². The summed E-state index contributed by atoms with van der Waals surface area (Å²) in [4.78, 5) is 16.3. The summed E-state index contributed by atoms with van der Waals surface area (Å²) in [6, 6.07) is 14.6. The van der Waals surface area contributed by atoms with E-state index in [1.54, 1.807) is 19.2 Å². The summed E-state index contributed by atoms with van der Waals surface area (Å²) >= 11 is 0. The Balaban J connectivity index is 1.70. The van der Waals surface area contributed by atoms with Gasteiger partial charge in [0.2, 0.25) is 5.82 Å². The molecule has 1 amide bonds. The number of ether oxygens (including phenoxy) is 2. The molecule has 146 valence electrons. The number of rotatable bonds is 6. The highest BCUT2D eigenvalue weighted by Crippen LogP contribution is 2.26. The van der Waals surface area contributed by atoms with E-state index in [1.165, 1.54) is 0 Å². The van der Waals surface area contributed by atoms with Crippen molar-refractivity contribution in [3.05, 3.63) is 48.5 Å². The third-order valence-electron chi connectivity index (χ3n) is 3.74. The molecule has 3 aromatic rings. The van der Waals surface area contributed by atoms with Gasteiger partial charge in [0.1, 0.15) is 11.5 Å². The Morgan fingerprint density at radius 3 is 2.50 bits per heavy atom. The van der Waals surface area contributed by atoms with Crippen molar-refractivity contribution in [2.24, 2.45) is 0 Å². The van der Waals surface area contributed by atoms with Crippen LogP contribution in [0.4, 0.5) is 0 Å². The first-order chi connectivity index (χ1) is 13.3. The van der Waals surface area contributed by atoms with Gasteiger partial charge in [0.15, 0.2) is 6.61 Å². The van der Waals surface area contributed by atoms with Crippen molar-refractivity contribution in [1.82, 2.24) is 15.5 Å². The molecule has 0 unspecified atom stereocenters. The summed E-state index contributed by atoms with van der Waals surface area (Å²) in [5.74, 6) is 1.97. The van der Waals surface area contributed by atoms with E-state index in [9.17, 15) is 4.79 Å². The number of benzene rings is 2. The molecule has 1 N–H and O–H groups in total. The molecule has 0 aliphatic rings. The molecule has 0 atom stereocenters. The van der Waals surface area contributed by atoms with E-state index < -0.39 is 0 Å². The molecule has 1 aromatic heterocycles. The molecule has 0 spiro atoms. The number of carbonyl (C=O) groups excluding carboxylic acids is 1. The number of carbonyl (C=O) groups is 1. The van der Waals surface area contributed by atoms with Crippen LogP contribution in [-0.4, -0.2) is 35.3 Å². The van der Waals surface area contributed by atoms with E-state index in [4.69, 9.17) is 14.0 Å². The van der Waals surface area contributed by atoms with Gasteiger partial charge in [-0.15, -0.1) is 0 Å². The highest BCUT2D eigenvalue weighted by molar-refractivity contribution is 5.78. The van der Waals surface area contributed by atoms with Crippen LogP contribution in [0, 0.1) is 0 Å². The summed E-state index contributed by atoms with van der Waals surface area (Å²) in [5.41, 5.74) is 1.23. The maximum Gasteiger partial charge on any atom is 0.258 e. The third-order valence-corrected chi connectivity index (χ3v) is 3.74. The van der Waals surface area contributed by atoms with Gasteiger partial charge in [0.25, 0.3) is 11.8 Å². The quantitative estimate of drug-likeness (QED) is 0.700. The number of hydrogen-bond acceptors (Lipinski definition) is 6. The number of aromatic nitrogens is 2. The lowest BCUT2D eigenvalue weighted by molar-refractivity contribution is -0.124. The van der Waals surface area contributed by atoms with Gasteiger partial charge in [-0.25, -0.2) is 0 Å². The van der Waals surface area contributed by atoms with Gasteiger partial charge in [-0.2, -0.15) is 4.98 Å². The maximum atomic E-state index is 11.9. The van der Waals surface area contributed by atoms with E-state index in [1.807, 2.05) is 57.2 Å². The van der Waals surface area contributed by atoms with E-state index >= 15 is 0 Å². The fraction of sp³-hybridized carbons (Fsp3) is 0.286. The second-order valence-electron chi connectivity index (χ2n) is 7.27. The summed E-state index contributed by atoms with van der Waals surface area (Å²) in [6.45, 7) is 5.69. The van der Waals surface area contributed by atoms with Gasteiger partial charge in [0, 0.05) is 16.7 Å². The summed E-state index contributed by atoms with van der Waals surface area (Å²) in [7, 11) is 1.61. The topological polar surface area (TPSA) is 86.5 Å². The summed E-state index contributed by atoms with van der Waals surface area (Å²) < 4.78 is 16.1. The summed E-state index contributed by atoms with van der Waals surface area (Å²) in [6.07, 6.45) is 0. The first kappa shape index (κ1) is 19.4. The Morgan fingerprint density at radius 2 is 1.82 bits per heavy atom. The van der Waals surface area contributed by atoms with Crippen molar-refractivity contribution < 1.29 is 18.8 Å². The number of nitrogens with zero attached hydrogens (tertiary/aromatic N) is 2. The zero-order valence-corrected chi connectivity index (χ0v) is 16.4. The van der Waals surface area contributed by atoms with Gasteiger partial charge in [-0.3, -0.25) is 4.79 Å². The first-order valence-electron chi connectivity index (χ1n) is 8.86. The molecule has 7 heteroatoms. The third kappa shape index (κ3) is 5.09.